The highest BCUT2D eigenvalue weighted by Gasteiger charge is 2.65. The van der Waals surface area contributed by atoms with Gasteiger partial charge in [-0.15, -0.1) is 0 Å². The van der Waals surface area contributed by atoms with Crippen molar-refractivity contribution < 1.29 is 23.9 Å². The zero-order valence-electron chi connectivity index (χ0n) is 23.7. The van der Waals surface area contributed by atoms with Crippen LogP contribution in [0.25, 0.3) is 0 Å². The maximum Gasteiger partial charge on any atom is 0.303 e. The molecule has 1 aliphatic heterocycles. The molecule has 4 atom stereocenters. The number of aromatic hydroxyl groups is 1. The minimum absolute atomic E-state index is 0.0955. The number of nitrogens with one attached hydrogen (secondary N) is 1. The molecule has 0 radical (unpaired) electrons. The number of quaternary nitrogens is 1. The van der Waals surface area contributed by atoms with Crippen LogP contribution in [0.2, 0.25) is 10.0 Å². The van der Waals surface area contributed by atoms with Gasteiger partial charge < -0.3 is 19.6 Å². The first-order chi connectivity index (χ1) is 18.9. The number of phenols is 1. The lowest BCUT2D eigenvalue weighted by Crippen LogP contribution is -2.74. The largest absolute Gasteiger partial charge is 0.508 e. The summed E-state index contributed by atoms with van der Waals surface area (Å²) >= 11 is 12.2. The van der Waals surface area contributed by atoms with E-state index in [-0.39, 0.29) is 30.1 Å². The molecule has 0 aromatic heterocycles. The summed E-state index contributed by atoms with van der Waals surface area (Å²) in [5, 5.41) is 14.6. The molecule has 6 nitrogen and oxygen atoms in total. The van der Waals surface area contributed by atoms with Crippen molar-refractivity contribution in [1.82, 2.24) is 5.32 Å². The van der Waals surface area contributed by atoms with E-state index in [1.165, 1.54) is 6.92 Å². The average Bonchev–Trinajstić information content (AvgIpc) is 2.86. The summed E-state index contributed by atoms with van der Waals surface area (Å²) in [7, 11) is 0. The molecule has 0 bridgehead atoms. The number of likely N-dealkylation sites (tertiary alicyclic amines) is 1. The molecule has 2 aromatic carbocycles. The highest BCUT2D eigenvalue weighted by molar-refractivity contribution is 6.42. The fourth-order valence-electron chi connectivity index (χ4n) is 7.42. The molecule has 40 heavy (non-hydrogen) atoms. The van der Waals surface area contributed by atoms with E-state index >= 15 is 0 Å². The van der Waals surface area contributed by atoms with Crippen molar-refractivity contribution in [2.24, 2.45) is 5.92 Å². The van der Waals surface area contributed by atoms with Crippen molar-refractivity contribution >= 4 is 35.1 Å². The van der Waals surface area contributed by atoms with Gasteiger partial charge in [0.1, 0.15) is 12.3 Å². The van der Waals surface area contributed by atoms with E-state index in [4.69, 9.17) is 27.9 Å². The second-order valence-corrected chi connectivity index (χ2v) is 13.0. The third-order valence-corrected chi connectivity index (χ3v) is 9.43. The van der Waals surface area contributed by atoms with Gasteiger partial charge in [0.05, 0.1) is 36.1 Å². The number of rotatable bonds is 9. The highest BCUT2D eigenvalue weighted by atomic mass is 35.5. The van der Waals surface area contributed by atoms with Crippen molar-refractivity contribution in [1.29, 1.82) is 0 Å². The quantitative estimate of drug-likeness (QED) is 0.208. The number of carbonyl (C=O) groups excluding carboxylic acids is 2. The first kappa shape index (κ1) is 30.4. The predicted octanol–water partition coefficient (Wildman–Crippen LogP) is 6.21. The Morgan fingerprint density at radius 1 is 1.20 bits per heavy atom. The van der Waals surface area contributed by atoms with Crippen LogP contribution >= 0.6 is 23.2 Å². The maximum absolute atomic E-state index is 13.2. The number of piperidine rings is 1. The number of benzene rings is 2. The van der Waals surface area contributed by atoms with E-state index in [0.717, 1.165) is 41.7 Å². The number of hydrogen-bond acceptors (Lipinski definition) is 4. The fourth-order valence-corrected chi connectivity index (χ4v) is 7.74. The van der Waals surface area contributed by atoms with Gasteiger partial charge in [-0.2, -0.15) is 0 Å². The molecule has 8 heteroatoms. The van der Waals surface area contributed by atoms with E-state index in [0.29, 0.717) is 41.8 Å². The summed E-state index contributed by atoms with van der Waals surface area (Å²) in [5.41, 5.74) is 0.376. The van der Waals surface area contributed by atoms with Crippen LogP contribution in [0.4, 0.5) is 0 Å². The van der Waals surface area contributed by atoms with Gasteiger partial charge in [0.2, 0.25) is 5.91 Å². The van der Waals surface area contributed by atoms with Crippen LogP contribution in [0.15, 0.2) is 55.1 Å². The SMILES string of the molecule is C=CC[N@@+]1(CC(C)C)CC[C@]2(c3cccc(O)c3)C[C@H](NC(=O)Cc3ccc(Cl)c(Cl)c3)CCC2(OC(C)=O)C1. The van der Waals surface area contributed by atoms with Crippen molar-refractivity contribution in [2.45, 2.75) is 69.9 Å². The third-order valence-electron chi connectivity index (χ3n) is 8.69. The number of halogens is 2. The molecule has 2 aliphatic rings. The first-order valence-electron chi connectivity index (χ1n) is 14.1. The molecule has 1 saturated heterocycles. The number of phenolic OH excluding ortho intramolecular Hbond substituents is 1. The molecule has 2 aromatic rings. The third kappa shape index (κ3) is 6.35. The molecule has 1 unspecified atom stereocenters. The van der Waals surface area contributed by atoms with Gasteiger partial charge in [-0.05, 0) is 60.7 Å². The molecule has 4 rings (SSSR count). The summed E-state index contributed by atoms with van der Waals surface area (Å²) in [6.45, 7) is 13.3. The van der Waals surface area contributed by atoms with E-state index < -0.39 is 11.0 Å². The fraction of sp³-hybridized carbons (Fsp3) is 0.500. The van der Waals surface area contributed by atoms with E-state index in [2.05, 4.69) is 25.7 Å². The lowest BCUT2D eigenvalue weighted by Gasteiger charge is -2.61. The lowest BCUT2D eigenvalue weighted by atomic mass is 9.54. The number of ether oxygens (including phenoxy) is 1. The topological polar surface area (TPSA) is 75.6 Å². The molecule has 1 aliphatic carbocycles. The molecule has 1 amide bonds. The Hall–Kier alpha value is -2.54. The number of carbonyl (C=O) groups is 2. The average molecular weight is 589 g/mol. The first-order valence-corrected chi connectivity index (χ1v) is 14.9. The molecule has 1 heterocycles. The molecule has 0 spiro atoms. The Balaban J connectivity index is 1.70. The van der Waals surface area contributed by atoms with Crippen LogP contribution in [0.5, 0.6) is 5.75 Å². The lowest BCUT2D eigenvalue weighted by molar-refractivity contribution is -0.938. The molecule has 1 saturated carbocycles. The Bertz CT molecular complexity index is 1270. The zero-order chi connectivity index (χ0) is 29.1. The van der Waals surface area contributed by atoms with E-state index in [1.54, 1.807) is 24.3 Å². The second-order valence-electron chi connectivity index (χ2n) is 12.2. The Kier molecular flexibility index (Phi) is 9.23. The number of amides is 1. The van der Waals surface area contributed by atoms with Crippen LogP contribution in [-0.4, -0.2) is 59.3 Å². The van der Waals surface area contributed by atoms with Crippen LogP contribution in [0.1, 0.15) is 57.6 Å². The predicted molar refractivity (Wildman–Crippen MR) is 160 cm³/mol. The number of nitrogens with zero attached hydrogens (tertiary/aromatic N) is 1. The van der Waals surface area contributed by atoms with E-state index in [9.17, 15) is 14.7 Å². The van der Waals surface area contributed by atoms with Gasteiger partial charge in [0, 0.05) is 30.7 Å². The summed E-state index contributed by atoms with van der Waals surface area (Å²) < 4.78 is 7.22. The summed E-state index contributed by atoms with van der Waals surface area (Å²) in [6.07, 6.45) is 4.80. The van der Waals surface area contributed by atoms with Gasteiger partial charge >= 0.3 is 5.97 Å². The summed E-state index contributed by atoms with van der Waals surface area (Å²) in [5.74, 6) is 0.227. The van der Waals surface area contributed by atoms with Gasteiger partial charge in [-0.1, -0.05) is 61.8 Å². The summed E-state index contributed by atoms with van der Waals surface area (Å²) in [6, 6.07) is 12.4. The summed E-state index contributed by atoms with van der Waals surface area (Å²) in [4.78, 5) is 25.9. The minimum Gasteiger partial charge on any atom is -0.508 e. The van der Waals surface area contributed by atoms with Gasteiger partial charge in [-0.25, -0.2) is 0 Å². The monoisotopic (exact) mass is 587 g/mol. The Morgan fingerprint density at radius 3 is 2.62 bits per heavy atom. The second kappa shape index (κ2) is 12.1. The van der Waals surface area contributed by atoms with Crippen LogP contribution < -0.4 is 5.32 Å². The zero-order valence-corrected chi connectivity index (χ0v) is 25.2. The normalized spacial score (nSPS) is 28.0. The van der Waals surface area contributed by atoms with Crippen LogP contribution in [-0.2, 0) is 26.2 Å². The van der Waals surface area contributed by atoms with Crippen molar-refractivity contribution in [3.05, 3.63) is 76.3 Å². The van der Waals surface area contributed by atoms with Crippen LogP contribution in [0.3, 0.4) is 0 Å². The van der Waals surface area contributed by atoms with Crippen molar-refractivity contribution in [3.8, 4) is 5.75 Å². The number of hydrogen-bond donors (Lipinski definition) is 2. The Morgan fingerprint density at radius 2 is 1.98 bits per heavy atom. The van der Waals surface area contributed by atoms with Gasteiger partial charge in [0.25, 0.3) is 0 Å². The van der Waals surface area contributed by atoms with E-state index in [1.807, 2.05) is 24.3 Å². The number of esters is 1. The maximum atomic E-state index is 13.2. The van der Waals surface area contributed by atoms with Crippen molar-refractivity contribution in [3.63, 3.8) is 0 Å². The van der Waals surface area contributed by atoms with Crippen LogP contribution in [0, 0.1) is 5.92 Å². The molecule has 2 N–H and O–H groups in total. The smallest absolute Gasteiger partial charge is 0.303 e. The Labute approximate surface area is 247 Å². The molecular formula is C32H41Cl2N2O4+. The number of fused-ring (bicyclic) bond motifs is 1. The van der Waals surface area contributed by atoms with Gasteiger partial charge in [-0.3, -0.25) is 9.59 Å². The minimum atomic E-state index is -0.784. The van der Waals surface area contributed by atoms with Crippen molar-refractivity contribution in [2.75, 3.05) is 26.2 Å². The molecule has 2 fully saturated rings. The highest BCUT2D eigenvalue weighted by Crippen LogP contribution is 2.55. The molecular weight excluding hydrogens is 547 g/mol. The van der Waals surface area contributed by atoms with Gasteiger partial charge in [0.15, 0.2) is 5.60 Å². The molecule has 216 valence electrons. The standard InChI is InChI=1S/C32H40Cl2N2O4/c1-5-14-36(20-22(2)3)15-13-31(25-7-6-8-27(38)18-25)19-26(11-12-32(31,21-36)40-23(4)37)35-30(39)17-24-9-10-28(33)29(34)16-24/h5-10,16,18,22,26H,1,11-15,17,19-21H2,2-4H3,(H-,35,38,39)/p+1/t26-,31-,32?,36+/m1/s1.